The van der Waals surface area contributed by atoms with Crippen LogP contribution in [-0.2, 0) is 11.3 Å². The number of hydrogen-bond acceptors (Lipinski definition) is 4. The number of ether oxygens (including phenoxy) is 1. The summed E-state index contributed by atoms with van der Waals surface area (Å²) in [6, 6.07) is 0.421. The van der Waals surface area contributed by atoms with Gasteiger partial charge in [-0.3, -0.25) is 0 Å². The summed E-state index contributed by atoms with van der Waals surface area (Å²) >= 11 is 0. The minimum absolute atomic E-state index is 0.0737. The molecule has 0 bridgehead atoms. The Kier molecular flexibility index (Phi) is 4.12. The summed E-state index contributed by atoms with van der Waals surface area (Å²) in [6.45, 7) is 1.90. The van der Waals surface area contributed by atoms with E-state index in [-0.39, 0.29) is 12.7 Å². The fourth-order valence-electron chi connectivity index (χ4n) is 2.57. The van der Waals surface area contributed by atoms with Gasteiger partial charge in [-0.05, 0) is 19.8 Å². The molecule has 5 nitrogen and oxygen atoms in total. The second-order valence-corrected chi connectivity index (χ2v) is 4.69. The fourth-order valence-corrected chi connectivity index (χ4v) is 2.57. The van der Waals surface area contributed by atoms with Gasteiger partial charge in [0.2, 0.25) is 0 Å². The fraction of sp³-hybridized carbons (Fsp3) is 0.833. The second-order valence-electron chi connectivity index (χ2n) is 4.69. The van der Waals surface area contributed by atoms with Gasteiger partial charge in [0.25, 0.3) is 0 Å². The van der Waals surface area contributed by atoms with Crippen molar-refractivity contribution in [3.05, 3.63) is 11.4 Å². The quantitative estimate of drug-likeness (QED) is 0.872. The second kappa shape index (κ2) is 5.60. The summed E-state index contributed by atoms with van der Waals surface area (Å²) in [7, 11) is 1.67. The highest BCUT2D eigenvalue weighted by Crippen LogP contribution is 2.31. The highest BCUT2D eigenvalue weighted by Gasteiger charge is 2.24. The summed E-state index contributed by atoms with van der Waals surface area (Å²) in [5.74, 6) is 0. The molecule has 0 aliphatic heterocycles. The lowest BCUT2D eigenvalue weighted by Crippen LogP contribution is -2.19. The van der Waals surface area contributed by atoms with Gasteiger partial charge >= 0.3 is 0 Å². The zero-order valence-corrected chi connectivity index (χ0v) is 10.6. The molecule has 0 spiro atoms. The molecule has 1 atom stereocenters. The number of rotatable bonds is 4. The molecule has 1 aliphatic carbocycles. The van der Waals surface area contributed by atoms with Crippen LogP contribution in [0.15, 0.2) is 0 Å². The van der Waals surface area contributed by atoms with Gasteiger partial charge in [0.1, 0.15) is 5.69 Å². The van der Waals surface area contributed by atoms with Gasteiger partial charge in [0.05, 0.1) is 24.4 Å². The summed E-state index contributed by atoms with van der Waals surface area (Å²) < 4.78 is 7.33. The van der Waals surface area contributed by atoms with Crippen LogP contribution in [0.4, 0.5) is 0 Å². The lowest BCUT2D eigenvalue weighted by atomic mass is 9.95. The molecule has 1 heterocycles. The average molecular weight is 239 g/mol. The maximum Gasteiger partial charge on any atom is 0.114 e. The normalized spacial score (nSPS) is 19.5. The molecule has 1 aliphatic rings. The SMILES string of the molecule is COC(C)c1c(CO)nnn1C1CCCCC1. The van der Waals surface area contributed by atoms with Crippen molar-refractivity contribution in [1.82, 2.24) is 15.0 Å². The number of aliphatic hydroxyl groups excluding tert-OH is 1. The molecule has 1 saturated carbocycles. The van der Waals surface area contributed by atoms with E-state index in [1.165, 1.54) is 19.3 Å². The van der Waals surface area contributed by atoms with E-state index < -0.39 is 0 Å². The third-order valence-corrected chi connectivity index (χ3v) is 3.61. The minimum Gasteiger partial charge on any atom is -0.390 e. The van der Waals surface area contributed by atoms with Crippen molar-refractivity contribution in [3.63, 3.8) is 0 Å². The number of hydrogen-bond donors (Lipinski definition) is 1. The van der Waals surface area contributed by atoms with Gasteiger partial charge in [-0.1, -0.05) is 24.5 Å². The average Bonchev–Trinajstić information content (AvgIpc) is 2.82. The number of aromatic nitrogens is 3. The number of nitrogens with zero attached hydrogens (tertiary/aromatic N) is 3. The van der Waals surface area contributed by atoms with Crippen LogP contribution in [0.2, 0.25) is 0 Å². The van der Waals surface area contributed by atoms with Crippen LogP contribution in [0, 0.1) is 0 Å². The number of aliphatic hydroxyl groups is 1. The highest BCUT2D eigenvalue weighted by molar-refractivity contribution is 5.13. The van der Waals surface area contributed by atoms with Gasteiger partial charge in [0, 0.05) is 7.11 Å². The summed E-state index contributed by atoms with van der Waals surface area (Å²) in [5, 5.41) is 17.6. The van der Waals surface area contributed by atoms with Crippen LogP contribution in [0.5, 0.6) is 0 Å². The third kappa shape index (κ3) is 2.50. The van der Waals surface area contributed by atoms with Gasteiger partial charge in [-0.2, -0.15) is 0 Å². The standard InChI is InChI=1S/C12H21N3O2/c1-9(17-2)12-11(8-16)13-14-15(12)10-6-4-3-5-7-10/h9-10,16H,3-8H2,1-2H3. The van der Waals surface area contributed by atoms with E-state index in [2.05, 4.69) is 10.3 Å². The topological polar surface area (TPSA) is 60.2 Å². The molecule has 1 fully saturated rings. The molecule has 5 heteroatoms. The van der Waals surface area contributed by atoms with Crippen LogP contribution in [0.3, 0.4) is 0 Å². The van der Waals surface area contributed by atoms with E-state index >= 15 is 0 Å². The lowest BCUT2D eigenvalue weighted by Gasteiger charge is -2.24. The molecular weight excluding hydrogens is 218 g/mol. The minimum atomic E-state index is -0.0749. The molecule has 0 radical (unpaired) electrons. The summed E-state index contributed by atoms with van der Waals surface area (Å²) in [6.07, 6.45) is 6.04. The van der Waals surface area contributed by atoms with E-state index in [0.29, 0.717) is 11.7 Å². The molecule has 96 valence electrons. The van der Waals surface area contributed by atoms with Crippen molar-refractivity contribution in [2.24, 2.45) is 0 Å². The Balaban J connectivity index is 2.28. The first-order valence-corrected chi connectivity index (χ1v) is 6.35. The molecule has 0 saturated heterocycles. The van der Waals surface area contributed by atoms with Crippen molar-refractivity contribution < 1.29 is 9.84 Å². The van der Waals surface area contributed by atoms with Crippen molar-refractivity contribution in [2.45, 2.75) is 57.8 Å². The Hall–Kier alpha value is -0.940. The first kappa shape index (κ1) is 12.5. The zero-order valence-electron chi connectivity index (χ0n) is 10.6. The van der Waals surface area contributed by atoms with Gasteiger partial charge in [-0.15, -0.1) is 5.10 Å². The van der Waals surface area contributed by atoms with E-state index in [0.717, 1.165) is 18.5 Å². The van der Waals surface area contributed by atoms with Gasteiger partial charge in [-0.25, -0.2) is 4.68 Å². The van der Waals surface area contributed by atoms with E-state index in [1.807, 2.05) is 11.6 Å². The molecule has 1 aromatic rings. The van der Waals surface area contributed by atoms with Gasteiger partial charge < -0.3 is 9.84 Å². The summed E-state index contributed by atoms with van der Waals surface area (Å²) in [5.41, 5.74) is 1.58. The van der Waals surface area contributed by atoms with Crippen LogP contribution < -0.4 is 0 Å². The van der Waals surface area contributed by atoms with E-state index in [1.54, 1.807) is 7.11 Å². The predicted octanol–water partition coefficient (Wildman–Crippen LogP) is 1.98. The maximum absolute atomic E-state index is 9.30. The maximum atomic E-state index is 9.30. The third-order valence-electron chi connectivity index (χ3n) is 3.61. The van der Waals surface area contributed by atoms with Crippen molar-refractivity contribution in [1.29, 1.82) is 0 Å². The molecule has 0 amide bonds. The molecular formula is C12H21N3O2. The molecule has 1 aromatic heterocycles. The molecule has 2 rings (SSSR count). The first-order chi connectivity index (χ1) is 8.27. The molecule has 17 heavy (non-hydrogen) atoms. The largest absolute Gasteiger partial charge is 0.390 e. The van der Waals surface area contributed by atoms with Crippen LogP contribution in [0.1, 0.15) is 62.6 Å². The lowest BCUT2D eigenvalue weighted by molar-refractivity contribution is 0.105. The number of methoxy groups -OCH3 is 1. The Morgan fingerprint density at radius 3 is 2.71 bits per heavy atom. The highest BCUT2D eigenvalue weighted by atomic mass is 16.5. The van der Waals surface area contributed by atoms with Crippen LogP contribution in [-0.4, -0.2) is 27.2 Å². The Bertz CT molecular complexity index is 359. The van der Waals surface area contributed by atoms with Crippen LogP contribution in [0.25, 0.3) is 0 Å². The zero-order chi connectivity index (χ0) is 12.3. The molecule has 1 N–H and O–H groups in total. The Labute approximate surface area is 102 Å². The predicted molar refractivity (Wildman–Crippen MR) is 63.5 cm³/mol. The van der Waals surface area contributed by atoms with Crippen LogP contribution >= 0.6 is 0 Å². The monoisotopic (exact) mass is 239 g/mol. The van der Waals surface area contributed by atoms with Crippen molar-refractivity contribution in [2.75, 3.05) is 7.11 Å². The van der Waals surface area contributed by atoms with Crippen molar-refractivity contribution >= 4 is 0 Å². The van der Waals surface area contributed by atoms with Crippen molar-refractivity contribution in [3.8, 4) is 0 Å². The summed E-state index contributed by atoms with van der Waals surface area (Å²) in [4.78, 5) is 0. The first-order valence-electron chi connectivity index (χ1n) is 6.35. The Morgan fingerprint density at radius 2 is 2.12 bits per heavy atom. The van der Waals surface area contributed by atoms with E-state index in [9.17, 15) is 5.11 Å². The smallest absolute Gasteiger partial charge is 0.114 e. The van der Waals surface area contributed by atoms with E-state index in [4.69, 9.17) is 4.74 Å². The molecule has 1 unspecified atom stereocenters. The van der Waals surface area contributed by atoms with Gasteiger partial charge in [0.15, 0.2) is 0 Å². The molecule has 0 aromatic carbocycles. The Morgan fingerprint density at radius 1 is 1.41 bits per heavy atom.